The molecule has 0 aromatic heterocycles. The van der Waals surface area contributed by atoms with E-state index in [-0.39, 0.29) is 22.5 Å². The third kappa shape index (κ3) is 7.24. The molecule has 0 saturated carbocycles. The van der Waals surface area contributed by atoms with Crippen molar-refractivity contribution in [2.75, 3.05) is 19.0 Å². The molecule has 0 bridgehead atoms. The zero-order valence-corrected chi connectivity index (χ0v) is 7.55. The summed E-state index contributed by atoms with van der Waals surface area (Å²) in [6.07, 6.45) is 0. The van der Waals surface area contributed by atoms with Crippen molar-refractivity contribution in [2.45, 2.75) is 0 Å². The molecule has 0 atom stereocenters. The van der Waals surface area contributed by atoms with Crippen LogP contribution in [0.25, 0.3) is 0 Å². The molecule has 0 spiro atoms. The Bertz CT molecular complexity index is 182. The Hall–Kier alpha value is -1.13. The van der Waals surface area contributed by atoms with Crippen molar-refractivity contribution in [1.29, 1.82) is 0 Å². The van der Waals surface area contributed by atoms with Crippen LogP contribution in [-0.2, 0) is 0 Å². The molecule has 1 rings (SSSR count). The second-order valence-electron chi connectivity index (χ2n) is 2.23. The number of rotatable bonds is 1. The quantitative estimate of drug-likeness (QED) is 0.397. The van der Waals surface area contributed by atoms with E-state index in [9.17, 15) is 0 Å². The largest absolute Gasteiger partial charge is 3.00 e. The molecule has 0 radical (unpaired) electrons. The second-order valence-corrected chi connectivity index (χ2v) is 2.23. The van der Waals surface area contributed by atoms with Gasteiger partial charge in [0.05, 0.1) is 0 Å². The Morgan fingerprint density at radius 2 is 1.23 bits per heavy atom. The molecule has 1 aromatic rings. The molecule has 0 aliphatic carbocycles. The van der Waals surface area contributed by atoms with E-state index in [0.717, 1.165) is 0 Å². The van der Waals surface area contributed by atoms with Crippen molar-refractivity contribution in [1.82, 2.24) is 0 Å². The summed E-state index contributed by atoms with van der Waals surface area (Å²) in [7, 11) is 4.07. The molecule has 0 aliphatic rings. The van der Waals surface area contributed by atoms with Crippen LogP contribution >= 0.6 is 0 Å². The zero-order valence-electron chi connectivity index (χ0n) is 7.55. The molecule has 0 saturated heterocycles. The molecular weight excluding hydrogens is 178 g/mol. The topological polar surface area (TPSA) is 3.24 Å². The SMILES string of the molecule is CN(C)c1ccccc1.[B+3].[F-].[F-].[F-]. The number of hydrogen-bond donors (Lipinski definition) is 0. The smallest absolute Gasteiger partial charge is 1.00 e. The van der Waals surface area contributed by atoms with E-state index in [1.165, 1.54) is 5.69 Å². The van der Waals surface area contributed by atoms with Crippen molar-refractivity contribution in [2.24, 2.45) is 0 Å². The van der Waals surface area contributed by atoms with Gasteiger partial charge in [-0.3, -0.25) is 0 Å². The van der Waals surface area contributed by atoms with Gasteiger partial charge in [-0.1, -0.05) is 18.2 Å². The number of anilines is 1. The Morgan fingerprint density at radius 3 is 1.46 bits per heavy atom. The minimum atomic E-state index is 0. The third-order valence-corrected chi connectivity index (χ3v) is 1.27. The Morgan fingerprint density at radius 1 is 0.846 bits per heavy atom. The van der Waals surface area contributed by atoms with E-state index in [0.29, 0.717) is 0 Å². The summed E-state index contributed by atoms with van der Waals surface area (Å²) in [5, 5.41) is 0. The molecule has 0 amide bonds. The first kappa shape index (κ1) is 22.6. The van der Waals surface area contributed by atoms with Crippen LogP contribution in [0.2, 0.25) is 0 Å². The summed E-state index contributed by atoms with van der Waals surface area (Å²) < 4.78 is 0. The second kappa shape index (κ2) is 10.9. The van der Waals surface area contributed by atoms with Crippen LogP contribution in [0.5, 0.6) is 0 Å². The summed E-state index contributed by atoms with van der Waals surface area (Å²) in [5.74, 6) is 0. The summed E-state index contributed by atoms with van der Waals surface area (Å²) >= 11 is 0. The number of halogens is 3. The van der Waals surface area contributed by atoms with E-state index >= 15 is 0 Å². The minimum absolute atomic E-state index is 0. The maximum Gasteiger partial charge on any atom is 3.00 e. The van der Waals surface area contributed by atoms with Crippen LogP contribution in [0.3, 0.4) is 0 Å². The predicted octanol–water partition coefficient (Wildman–Crippen LogP) is -7.62. The van der Waals surface area contributed by atoms with Crippen LogP contribution in [0.4, 0.5) is 5.69 Å². The maximum absolute atomic E-state index is 2.08. The van der Waals surface area contributed by atoms with Gasteiger partial charge in [0, 0.05) is 19.8 Å². The number of nitrogens with zero attached hydrogens (tertiary/aromatic N) is 1. The summed E-state index contributed by atoms with van der Waals surface area (Å²) in [5.41, 5.74) is 1.25. The van der Waals surface area contributed by atoms with Crippen molar-refractivity contribution in [3.8, 4) is 0 Å². The summed E-state index contributed by atoms with van der Waals surface area (Å²) in [6, 6.07) is 10.3. The van der Waals surface area contributed by atoms with E-state index in [2.05, 4.69) is 17.0 Å². The molecule has 1 aromatic carbocycles. The third-order valence-electron chi connectivity index (χ3n) is 1.27. The van der Waals surface area contributed by atoms with Gasteiger partial charge in [0.25, 0.3) is 0 Å². The molecule has 0 aliphatic heterocycles. The average molecular weight is 189 g/mol. The number of para-hydroxylation sites is 1. The first-order valence-corrected chi connectivity index (χ1v) is 3.03. The zero-order chi connectivity index (χ0) is 6.69. The molecule has 13 heavy (non-hydrogen) atoms. The fraction of sp³-hybridized carbons (Fsp3) is 0.250. The van der Waals surface area contributed by atoms with Gasteiger partial charge in [-0.05, 0) is 12.1 Å². The monoisotopic (exact) mass is 189 g/mol. The van der Waals surface area contributed by atoms with Crippen LogP contribution in [0.15, 0.2) is 30.3 Å². The molecule has 0 N–H and O–H groups in total. The van der Waals surface area contributed by atoms with E-state index in [1.807, 2.05) is 32.3 Å². The number of hydrogen-bond acceptors (Lipinski definition) is 1. The van der Waals surface area contributed by atoms with Gasteiger partial charge in [-0.25, -0.2) is 0 Å². The first-order chi connectivity index (χ1) is 4.30. The van der Waals surface area contributed by atoms with Crippen molar-refractivity contribution < 1.29 is 14.1 Å². The molecular formula is C8H11BF3N. The van der Waals surface area contributed by atoms with Gasteiger partial charge < -0.3 is 19.0 Å². The van der Waals surface area contributed by atoms with Gasteiger partial charge in [0.2, 0.25) is 0 Å². The van der Waals surface area contributed by atoms with Crippen LogP contribution in [0.1, 0.15) is 0 Å². The van der Waals surface area contributed by atoms with Gasteiger partial charge in [-0.2, -0.15) is 0 Å². The van der Waals surface area contributed by atoms with Gasteiger partial charge in [0.1, 0.15) is 0 Å². The Kier molecular flexibility index (Phi) is 18.9. The molecule has 0 fully saturated rings. The van der Waals surface area contributed by atoms with Crippen LogP contribution < -0.4 is 19.0 Å². The van der Waals surface area contributed by atoms with Crippen LogP contribution in [0, 0.1) is 0 Å². The van der Waals surface area contributed by atoms with Crippen molar-refractivity contribution >= 4 is 14.1 Å². The Labute approximate surface area is 78.4 Å². The van der Waals surface area contributed by atoms with Crippen LogP contribution in [-0.4, -0.2) is 22.5 Å². The standard InChI is InChI=1S/C8H11N.B.3FH/c1-9(2)8-6-4-3-5-7-8;;;;/h3-7H,1-2H3;;3*1H/q;+3;;;/p-3. The molecule has 72 valence electrons. The van der Waals surface area contributed by atoms with E-state index in [1.54, 1.807) is 0 Å². The maximum atomic E-state index is 2.08. The summed E-state index contributed by atoms with van der Waals surface area (Å²) in [4.78, 5) is 2.08. The minimum Gasteiger partial charge on any atom is -1.00 e. The van der Waals surface area contributed by atoms with Crippen molar-refractivity contribution in [3.05, 3.63) is 30.3 Å². The summed E-state index contributed by atoms with van der Waals surface area (Å²) in [6.45, 7) is 0. The number of benzene rings is 1. The fourth-order valence-corrected chi connectivity index (χ4v) is 0.726. The van der Waals surface area contributed by atoms with Gasteiger partial charge in [0.15, 0.2) is 0 Å². The first-order valence-electron chi connectivity index (χ1n) is 3.03. The molecule has 1 nitrogen and oxygen atoms in total. The molecule has 0 heterocycles. The van der Waals surface area contributed by atoms with E-state index in [4.69, 9.17) is 0 Å². The normalized spacial score (nSPS) is 6.31. The Balaban J connectivity index is -0.000000101. The van der Waals surface area contributed by atoms with Crippen molar-refractivity contribution in [3.63, 3.8) is 0 Å². The molecule has 0 unspecified atom stereocenters. The van der Waals surface area contributed by atoms with E-state index < -0.39 is 0 Å². The molecule has 5 heteroatoms. The fourth-order valence-electron chi connectivity index (χ4n) is 0.726. The van der Waals surface area contributed by atoms with Gasteiger partial charge >= 0.3 is 8.41 Å². The predicted molar refractivity (Wildman–Crippen MR) is 46.5 cm³/mol. The van der Waals surface area contributed by atoms with Gasteiger partial charge in [-0.15, -0.1) is 0 Å². The average Bonchev–Trinajstić information content (AvgIpc) is 1.90.